The molecule has 0 aliphatic heterocycles. The van der Waals surface area contributed by atoms with E-state index in [1.807, 2.05) is 0 Å². The lowest BCUT2D eigenvalue weighted by atomic mass is 10.1. The number of amides is 1. The second kappa shape index (κ2) is 7.71. The van der Waals surface area contributed by atoms with E-state index in [0.29, 0.717) is 17.1 Å². The zero-order valence-corrected chi connectivity index (χ0v) is 14.4. The number of furan rings is 1. The number of aromatic hydroxyl groups is 1. The van der Waals surface area contributed by atoms with Crippen molar-refractivity contribution in [1.82, 2.24) is 5.43 Å². The molecule has 3 rings (SSSR count). The molecule has 0 radical (unpaired) electrons. The van der Waals surface area contributed by atoms with Crippen LogP contribution in [0, 0.1) is 10.1 Å². The molecule has 0 unspecified atom stereocenters. The summed E-state index contributed by atoms with van der Waals surface area (Å²) in [5, 5.41) is 24.3. The number of nitro groups is 1. The number of hydrogen-bond acceptors (Lipinski definition) is 6. The van der Waals surface area contributed by atoms with E-state index in [1.54, 1.807) is 24.3 Å². The number of hydrazone groups is 1. The molecule has 0 saturated carbocycles. The predicted octanol–water partition coefficient (Wildman–Crippen LogP) is 3.98. The maximum Gasteiger partial charge on any atom is 0.275 e. The molecule has 0 fully saturated rings. The van der Waals surface area contributed by atoms with Crippen molar-refractivity contribution in [2.24, 2.45) is 5.10 Å². The highest BCUT2D eigenvalue weighted by molar-refractivity contribution is 6.33. The van der Waals surface area contributed by atoms with Crippen molar-refractivity contribution >= 4 is 29.4 Å². The van der Waals surface area contributed by atoms with Crippen LogP contribution in [0.1, 0.15) is 16.1 Å². The summed E-state index contributed by atoms with van der Waals surface area (Å²) < 4.78 is 5.56. The molecule has 8 nitrogen and oxygen atoms in total. The van der Waals surface area contributed by atoms with E-state index in [1.165, 1.54) is 36.5 Å². The van der Waals surface area contributed by atoms with Gasteiger partial charge in [0.15, 0.2) is 0 Å². The topological polar surface area (TPSA) is 118 Å². The van der Waals surface area contributed by atoms with Gasteiger partial charge in [0.2, 0.25) is 0 Å². The molecular weight excluding hydrogens is 374 g/mol. The summed E-state index contributed by atoms with van der Waals surface area (Å²) in [7, 11) is 0. The first kappa shape index (κ1) is 18.2. The van der Waals surface area contributed by atoms with Crippen LogP contribution < -0.4 is 5.43 Å². The van der Waals surface area contributed by atoms with Gasteiger partial charge in [-0.05, 0) is 30.3 Å². The molecule has 2 N–H and O–H groups in total. The summed E-state index contributed by atoms with van der Waals surface area (Å²) in [6.07, 6.45) is 1.28. The highest BCUT2D eigenvalue weighted by Crippen LogP contribution is 2.32. The molecule has 3 aromatic rings. The van der Waals surface area contributed by atoms with Gasteiger partial charge in [-0.1, -0.05) is 23.7 Å². The Hall–Kier alpha value is -3.65. The highest BCUT2D eigenvalue weighted by Gasteiger charge is 2.13. The fraction of sp³-hybridized carbons (Fsp3) is 0. The van der Waals surface area contributed by atoms with Gasteiger partial charge >= 0.3 is 0 Å². The lowest BCUT2D eigenvalue weighted by molar-refractivity contribution is -0.384. The third-order valence-corrected chi connectivity index (χ3v) is 3.87. The van der Waals surface area contributed by atoms with E-state index in [2.05, 4.69) is 10.5 Å². The first-order valence-electron chi connectivity index (χ1n) is 7.61. The summed E-state index contributed by atoms with van der Waals surface area (Å²) in [6, 6.07) is 13.3. The minimum atomic E-state index is -0.574. The summed E-state index contributed by atoms with van der Waals surface area (Å²) in [6.45, 7) is 0. The van der Waals surface area contributed by atoms with E-state index in [9.17, 15) is 20.0 Å². The number of phenols is 1. The number of para-hydroxylation sites is 1. The quantitative estimate of drug-likeness (QED) is 0.391. The number of halogens is 1. The molecule has 0 spiro atoms. The van der Waals surface area contributed by atoms with Crippen LogP contribution in [0.4, 0.5) is 5.69 Å². The first-order valence-corrected chi connectivity index (χ1v) is 7.99. The molecule has 2 aromatic carbocycles. The Kier molecular flexibility index (Phi) is 5.18. The lowest BCUT2D eigenvalue weighted by Crippen LogP contribution is -2.17. The van der Waals surface area contributed by atoms with Crippen molar-refractivity contribution in [2.45, 2.75) is 0 Å². The molecule has 0 atom stereocenters. The van der Waals surface area contributed by atoms with Crippen LogP contribution in [0.25, 0.3) is 11.3 Å². The van der Waals surface area contributed by atoms with Crippen LogP contribution in [0.5, 0.6) is 5.75 Å². The van der Waals surface area contributed by atoms with Crippen molar-refractivity contribution in [1.29, 1.82) is 0 Å². The van der Waals surface area contributed by atoms with Crippen molar-refractivity contribution in [3.8, 4) is 17.1 Å². The number of hydrogen-bond donors (Lipinski definition) is 2. The van der Waals surface area contributed by atoms with Crippen LogP contribution in [-0.4, -0.2) is 22.2 Å². The standard InChI is InChI=1S/C18H12ClN3O5/c19-15-9-11(22(25)26)5-7-13(15)17-8-6-12(27-17)10-20-21-18(24)14-3-1-2-4-16(14)23/h1-10,23H,(H,21,24)/b20-10+. The Balaban J connectivity index is 1.71. The third kappa shape index (κ3) is 4.13. The molecule has 0 aliphatic rings. The fourth-order valence-electron chi connectivity index (χ4n) is 2.26. The largest absolute Gasteiger partial charge is 0.507 e. The highest BCUT2D eigenvalue weighted by atomic mass is 35.5. The number of carbonyl (C=O) groups excluding carboxylic acids is 1. The van der Waals surface area contributed by atoms with Crippen LogP contribution in [0.3, 0.4) is 0 Å². The average Bonchev–Trinajstić information content (AvgIpc) is 3.10. The number of nitrogens with one attached hydrogen (secondary N) is 1. The Labute approximate surface area is 157 Å². The van der Waals surface area contributed by atoms with Gasteiger partial charge in [-0.2, -0.15) is 5.10 Å². The smallest absolute Gasteiger partial charge is 0.275 e. The summed E-state index contributed by atoms with van der Waals surface area (Å²) in [4.78, 5) is 22.1. The molecule has 1 amide bonds. The van der Waals surface area contributed by atoms with Gasteiger partial charge in [0.1, 0.15) is 17.3 Å². The number of non-ortho nitro benzene ring substituents is 1. The van der Waals surface area contributed by atoms with Crippen molar-refractivity contribution < 1.29 is 19.2 Å². The van der Waals surface area contributed by atoms with Gasteiger partial charge < -0.3 is 9.52 Å². The van der Waals surface area contributed by atoms with Crippen LogP contribution in [0.15, 0.2) is 64.1 Å². The Morgan fingerprint density at radius 2 is 2.00 bits per heavy atom. The predicted molar refractivity (Wildman–Crippen MR) is 99.0 cm³/mol. The molecule has 9 heteroatoms. The average molecular weight is 386 g/mol. The normalized spacial score (nSPS) is 10.9. The number of carbonyl (C=O) groups is 1. The zero-order valence-electron chi connectivity index (χ0n) is 13.6. The number of phenolic OH excluding ortho intramolecular Hbond substituents is 1. The first-order chi connectivity index (χ1) is 13.0. The SMILES string of the molecule is O=C(N/N=C/c1ccc(-c2ccc([N+](=O)[O-])cc2Cl)o1)c1ccccc1O. The molecule has 1 aromatic heterocycles. The minimum absolute atomic E-state index is 0.0902. The molecule has 0 aliphatic carbocycles. The number of benzene rings is 2. The number of rotatable bonds is 5. The van der Waals surface area contributed by atoms with Gasteiger partial charge in [-0.25, -0.2) is 5.43 Å². The van der Waals surface area contributed by atoms with Gasteiger partial charge in [-0.3, -0.25) is 14.9 Å². The zero-order chi connectivity index (χ0) is 19.4. The molecule has 0 bridgehead atoms. The van der Waals surface area contributed by atoms with Gasteiger partial charge in [0.25, 0.3) is 11.6 Å². The fourth-order valence-corrected chi connectivity index (χ4v) is 2.53. The summed E-state index contributed by atoms with van der Waals surface area (Å²) >= 11 is 6.07. The Morgan fingerprint density at radius 3 is 2.70 bits per heavy atom. The Bertz CT molecular complexity index is 1040. The van der Waals surface area contributed by atoms with Gasteiger partial charge in [0, 0.05) is 17.7 Å². The minimum Gasteiger partial charge on any atom is -0.507 e. The van der Waals surface area contributed by atoms with Crippen LogP contribution in [0.2, 0.25) is 5.02 Å². The molecule has 136 valence electrons. The number of nitrogens with zero attached hydrogens (tertiary/aromatic N) is 2. The van der Waals surface area contributed by atoms with Crippen molar-refractivity contribution in [2.75, 3.05) is 0 Å². The molecule has 0 saturated heterocycles. The van der Waals surface area contributed by atoms with E-state index in [-0.39, 0.29) is 22.0 Å². The maximum absolute atomic E-state index is 11.9. The monoisotopic (exact) mass is 385 g/mol. The summed E-state index contributed by atoms with van der Waals surface area (Å²) in [5.41, 5.74) is 2.73. The molecular formula is C18H12ClN3O5. The number of nitro benzene ring substituents is 1. The van der Waals surface area contributed by atoms with Crippen molar-refractivity contribution in [3.63, 3.8) is 0 Å². The van der Waals surface area contributed by atoms with Crippen molar-refractivity contribution in [3.05, 3.63) is 81.1 Å². The third-order valence-electron chi connectivity index (χ3n) is 3.56. The van der Waals surface area contributed by atoms with E-state index < -0.39 is 10.8 Å². The van der Waals surface area contributed by atoms with E-state index in [4.69, 9.17) is 16.0 Å². The maximum atomic E-state index is 11.9. The lowest BCUT2D eigenvalue weighted by Gasteiger charge is -2.01. The van der Waals surface area contributed by atoms with E-state index >= 15 is 0 Å². The van der Waals surface area contributed by atoms with Gasteiger partial charge in [0.05, 0.1) is 21.7 Å². The van der Waals surface area contributed by atoms with E-state index in [0.717, 1.165) is 0 Å². The molecule has 1 heterocycles. The second-order valence-corrected chi connectivity index (χ2v) is 5.75. The second-order valence-electron chi connectivity index (χ2n) is 5.34. The van der Waals surface area contributed by atoms with Crippen LogP contribution in [-0.2, 0) is 0 Å². The molecule has 27 heavy (non-hydrogen) atoms. The van der Waals surface area contributed by atoms with Crippen LogP contribution >= 0.6 is 11.6 Å². The Morgan fingerprint density at radius 1 is 1.22 bits per heavy atom. The summed E-state index contributed by atoms with van der Waals surface area (Å²) in [5.74, 6) is -0.00628. The van der Waals surface area contributed by atoms with Gasteiger partial charge in [-0.15, -0.1) is 0 Å².